The Morgan fingerprint density at radius 3 is 2.28 bits per heavy atom. The molecule has 262 valence electrons. The first kappa shape index (κ1) is 40.0. The molecule has 9 heteroatoms. The Hall–Kier alpha value is -3.14. The van der Waals surface area contributed by atoms with E-state index in [1.165, 1.54) is 0 Å². The van der Waals surface area contributed by atoms with E-state index in [0.29, 0.717) is 30.6 Å². The molecule has 1 amide bonds. The fraction of sp³-hybridized carbons (Fsp3) is 0.579. The predicted octanol–water partition coefficient (Wildman–Crippen LogP) is 8.68. The highest BCUT2D eigenvalue weighted by atomic mass is 28.4. The highest BCUT2D eigenvalue weighted by Crippen LogP contribution is 2.40. The zero-order chi connectivity index (χ0) is 35.6. The molecule has 0 radical (unpaired) electrons. The van der Waals surface area contributed by atoms with Crippen LogP contribution in [-0.4, -0.2) is 57.8 Å². The van der Waals surface area contributed by atoms with E-state index >= 15 is 0 Å². The summed E-state index contributed by atoms with van der Waals surface area (Å²) in [5.74, 6) is -0.159. The van der Waals surface area contributed by atoms with Gasteiger partial charge in [0.2, 0.25) is 5.91 Å². The number of fused-ring (bicyclic) bond motifs is 2. The van der Waals surface area contributed by atoms with E-state index in [2.05, 4.69) is 59.1 Å². The van der Waals surface area contributed by atoms with Crippen molar-refractivity contribution < 1.29 is 33.3 Å². The summed E-state index contributed by atoms with van der Waals surface area (Å²) in [5.41, 5.74) is 1.33. The summed E-state index contributed by atoms with van der Waals surface area (Å²) in [7, 11) is 0.858. The number of aryl methyl sites for hydroxylation is 1. The molecule has 0 unspecified atom stereocenters. The van der Waals surface area contributed by atoms with Gasteiger partial charge >= 0.3 is 5.97 Å². The first-order chi connectivity index (χ1) is 21.8. The summed E-state index contributed by atoms with van der Waals surface area (Å²) in [6, 6.07) is 3.40. The number of aromatic hydroxyl groups is 1. The summed E-state index contributed by atoms with van der Waals surface area (Å²) in [5, 5.41) is 14.0. The van der Waals surface area contributed by atoms with Gasteiger partial charge < -0.3 is 29.1 Å². The number of esters is 1. The topological polar surface area (TPSA) is 103 Å². The lowest BCUT2D eigenvalue weighted by atomic mass is 9.89. The number of allylic oxidation sites excluding steroid dienone is 5. The standard InChI is InChI=1S/C38H59NO7Si/c1-26-19-18-20-28-23-30(44-10)24-31(34(28)41)39-33(40)25-29(43-9)21-16-14-13-15-17-22-32(45-36(42)37(3,4)5)27(2)35(26)46-47(11,12)38(6,7)8/h13-17,19,21,23-24,27,29,32,35,41H,18,20,22,25H2,1-12H3,(H,39,40)/t27-,29-,32-,35-/m0/s1. The number of phenols is 1. The van der Waals surface area contributed by atoms with Crippen molar-refractivity contribution in [2.75, 3.05) is 19.5 Å². The van der Waals surface area contributed by atoms with Crippen molar-refractivity contribution in [2.24, 2.45) is 11.3 Å². The first-order valence-corrected chi connectivity index (χ1v) is 19.5. The molecule has 2 bridgehead atoms. The second-order valence-electron chi connectivity index (χ2n) is 15.0. The first-order valence-electron chi connectivity index (χ1n) is 16.6. The number of rotatable bonds is 5. The monoisotopic (exact) mass is 669 g/mol. The van der Waals surface area contributed by atoms with Gasteiger partial charge in [0.15, 0.2) is 8.32 Å². The Kier molecular flexibility index (Phi) is 14.7. The van der Waals surface area contributed by atoms with E-state index in [9.17, 15) is 14.7 Å². The van der Waals surface area contributed by atoms with Gasteiger partial charge in [-0.1, -0.05) is 70.2 Å². The fourth-order valence-corrected chi connectivity index (χ4v) is 6.24. The van der Waals surface area contributed by atoms with Crippen LogP contribution in [0.2, 0.25) is 18.1 Å². The molecule has 2 rings (SSSR count). The van der Waals surface area contributed by atoms with Crippen LogP contribution in [-0.2, 0) is 29.9 Å². The maximum absolute atomic E-state index is 13.2. The summed E-state index contributed by atoms with van der Waals surface area (Å²) in [6.07, 6.45) is 14.0. The van der Waals surface area contributed by atoms with Gasteiger partial charge in [0.25, 0.3) is 0 Å². The molecular formula is C38H59NO7Si. The average molecular weight is 670 g/mol. The Morgan fingerprint density at radius 2 is 1.68 bits per heavy atom. The highest BCUT2D eigenvalue weighted by Gasteiger charge is 2.42. The van der Waals surface area contributed by atoms with Gasteiger partial charge in [0, 0.05) is 31.1 Å². The third-order valence-corrected chi connectivity index (χ3v) is 13.5. The van der Waals surface area contributed by atoms with E-state index in [1.807, 2.05) is 51.2 Å². The summed E-state index contributed by atoms with van der Waals surface area (Å²) in [6.45, 7) is 20.9. The van der Waals surface area contributed by atoms with E-state index in [4.69, 9.17) is 18.6 Å². The Bertz CT molecular complexity index is 1330. The molecule has 0 aromatic heterocycles. The zero-order valence-electron chi connectivity index (χ0n) is 30.7. The number of phenolic OH excluding ortho intramolecular Hbond substituents is 1. The van der Waals surface area contributed by atoms with Gasteiger partial charge in [-0.25, -0.2) is 0 Å². The number of amides is 1. The summed E-state index contributed by atoms with van der Waals surface area (Å²) >= 11 is 0. The van der Waals surface area contributed by atoms with Crippen molar-refractivity contribution in [2.45, 2.75) is 118 Å². The molecule has 4 atom stereocenters. The van der Waals surface area contributed by atoms with Crippen LogP contribution >= 0.6 is 0 Å². The van der Waals surface area contributed by atoms with Crippen molar-refractivity contribution in [3.63, 3.8) is 0 Å². The lowest BCUT2D eigenvalue weighted by Crippen LogP contribution is -2.48. The van der Waals surface area contributed by atoms with Crippen LogP contribution in [0.5, 0.6) is 11.5 Å². The number of anilines is 1. The zero-order valence-corrected chi connectivity index (χ0v) is 31.7. The summed E-state index contributed by atoms with van der Waals surface area (Å²) in [4.78, 5) is 26.1. The third kappa shape index (κ3) is 12.1. The molecule has 1 aliphatic rings. The minimum Gasteiger partial charge on any atom is -0.505 e. The average Bonchev–Trinajstić information content (AvgIpc) is 2.97. The molecule has 0 aliphatic carbocycles. The molecular weight excluding hydrogens is 611 g/mol. The molecule has 0 saturated carbocycles. The van der Waals surface area contributed by atoms with Crippen LogP contribution in [0.25, 0.3) is 0 Å². The Labute approximate surface area is 284 Å². The third-order valence-electron chi connectivity index (χ3n) is 9.02. The van der Waals surface area contributed by atoms with Gasteiger partial charge in [0.05, 0.1) is 36.8 Å². The quantitative estimate of drug-likeness (QED) is 0.140. The molecule has 0 saturated heterocycles. The van der Waals surface area contributed by atoms with Crippen LogP contribution in [0.4, 0.5) is 5.69 Å². The second kappa shape index (κ2) is 17.3. The van der Waals surface area contributed by atoms with Gasteiger partial charge in [-0.2, -0.15) is 0 Å². The number of hydrogen-bond donors (Lipinski definition) is 2. The SMILES string of the molecule is COc1cc2c(O)c(c1)NC(=O)C[C@@H](OC)C=CC=CC=CC[C@H](OC(=O)C(C)(C)C)[C@H](C)[C@@H](O[Si](C)(C)C(C)(C)C)C(C)=CCC2. The maximum Gasteiger partial charge on any atom is 0.311 e. The molecule has 1 aliphatic heterocycles. The van der Waals surface area contributed by atoms with Gasteiger partial charge in [-0.05, 0) is 70.3 Å². The van der Waals surface area contributed by atoms with Crippen molar-refractivity contribution >= 4 is 25.9 Å². The van der Waals surface area contributed by atoms with Crippen LogP contribution in [0.3, 0.4) is 0 Å². The number of benzene rings is 1. The highest BCUT2D eigenvalue weighted by molar-refractivity contribution is 6.74. The molecule has 8 nitrogen and oxygen atoms in total. The number of nitrogens with one attached hydrogen (secondary N) is 1. The smallest absolute Gasteiger partial charge is 0.311 e. The van der Waals surface area contributed by atoms with Crippen LogP contribution in [0, 0.1) is 11.3 Å². The van der Waals surface area contributed by atoms with Gasteiger partial charge in [0.1, 0.15) is 17.6 Å². The largest absolute Gasteiger partial charge is 0.505 e. The number of carbonyl (C=O) groups excluding carboxylic acids is 2. The van der Waals surface area contributed by atoms with Crippen molar-refractivity contribution in [1.29, 1.82) is 0 Å². The predicted molar refractivity (Wildman–Crippen MR) is 193 cm³/mol. The fourth-order valence-electron chi connectivity index (χ4n) is 4.85. The lowest BCUT2D eigenvalue weighted by Gasteiger charge is -2.42. The number of hydrogen-bond acceptors (Lipinski definition) is 7. The Morgan fingerprint density at radius 1 is 1.02 bits per heavy atom. The molecule has 47 heavy (non-hydrogen) atoms. The van der Waals surface area contributed by atoms with E-state index < -0.39 is 25.9 Å². The molecule has 1 heterocycles. The van der Waals surface area contributed by atoms with Crippen LogP contribution < -0.4 is 10.1 Å². The number of carbonyl (C=O) groups is 2. The molecule has 1 aromatic carbocycles. The minimum atomic E-state index is -2.24. The van der Waals surface area contributed by atoms with E-state index in [1.54, 1.807) is 32.4 Å². The second-order valence-corrected chi connectivity index (χ2v) is 19.7. The summed E-state index contributed by atoms with van der Waals surface area (Å²) < 4.78 is 24.3. The number of methoxy groups -OCH3 is 2. The van der Waals surface area contributed by atoms with E-state index in [0.717, 1.165) is 5.57 Å². The van der Waals surface area contributed by atoms with Crippen molar-refractivity contribution in [1.82, 2.24) is 0 Å². The normalized spacial score (nSPS) is 22.6. The molecule has 0 spiro atoms. The minimum absolute atomic E-state index is 0.00575. The van der Waals surface area contributed by atoms with Gasteiger partial charge in [-0.15, -0.1) is 0 Å². The van der Waals surface area contributed by atoms with Gasteiger partial charge in [-0.3, -0.25) is 9.59 Å². The Balaban J connectivity index is 2.65. The molecule has 2 N–H and O–H groups in total. The lowest BCUT2D eigenvalue weighted by molar-refractivity contribution is -0.162. The van der Waals surface area contributed by atoms with Crippen LogP contribution in [0.1, 0.15) is 80.2 Å². The maximum atomic E-state index is 13.2. The van der Waals surface area contributed by atoms with Crippen molar-refractivity contribution in [3.8, 4) is 11.5 Å². The van der Waals surface area contributed by atoms with Crippen LogP contribution in [0.15, 0.2) is 60.2 Å². The van der Waals surface area contributed by atoms with E-state index in [-0.39, 0.29) is 46.8 Å². The van der Waals surface area contributed by atoms with Crippen molar-refractivity contribution in [3.05, 3.63) is 65.8 Å². The number of ether oxygens (including phenoxy) is 3. The molecule has 1 aromatic rings. The molecule has 0 fully saturated rings.